The molecule has 0 aliphatic carbocycles. The van der Waals surface area contributed by atoms with Crippen molar-refractivity contribution in [1.82, 2.24) is 4.90 Å². The van der Waals surface area contributed by atoms with E-state index >= 15 is 0 Å². The highest BCUT2D eigenvalue weighted by Gasteiger charge is 2.21. The Balaban J connectivity index is 2.09. The van der Waals surface area contributed by atoms with E-state index in [1.54, 1.807) is 6.07 Å². The van der Waals surface area contributed by atoms with Crippen LogP contribution >= 0.6 is 0 Å². The number of rotatable bonds is 3. The molecule has 5 nitrogen and oxygen atoms in total. The highest BCUT2D eigenvalue weighted by molar-refractivity contribution is 7.91. The highest BCUT2D eigenvalue weighted by Crippen LogP contribution is 2.13. The largest absolute Gasteiger partial charge is 0.384 e. The van der Waals surface area contributed by atoms with Crippen molar-refractivity contribution in [3.8, 4) is 0 Å². The van der Waals surface area contributed by atoms with Crippen LogP contribution in [0, 0.1) is 11.2 Å². The Morgan fingerprint density at radius 2 is 1.95 bits per heavy atom. The van der Waals surface area contributed by atoms with Gasteiger partial charge in [-0.1, -0.05) is 0 Å². The van der Waals surface area contributed by atoms with E-state index in [0.717, 1.165) is 0 Å². The number of hydrogen-bond donors (Lipinski definition) is 2. The molecule has 2 rings (SSSR count). The summed E-state index contributed by atoms with van der Waals surface area (Å²) in [5.74, 6) is -0.335. The first-order valence-electron chi connectivity index (χ1n) is 5.92. The van der Waals surface area contributed by atoms with Crippen molar-refractivity contribution >= 4 is 15.7 Å². The zero-order chi connectivity index (χ0) is 14.0. The van der Waals surface area contributed by atoms with E-state index in [9.17, 15) is 12.8 Å². The molecule has 7 heteroatoms. The minimum absolute atomic E-state index is 0.141. The summed E-state index contributed by atoms with van der Waals surface area (Å²) in [5.41, 5.74) is 6.39. The Hall–Kier alpha value is -1.47. The summed E-state index contributed by atoms with van der Waals surface area (Å²) in [6.45, 7) is 1.37. The zero-order valence-corrected chi connectivity index (χ0v) is 11.2. The quantitative estimate of drug-likeness (QED) is 0.619. The van der Waals surface area contributed by atoms with Crippen molar-refractivity contribution in [1.29, 1.82) is 5.41 Å². The summed E-state index contributed by atoms with van der Waals surface area (Å²) in [6, 6.07) is 4.26. The third-order valence-electron chi connectivity index (χ3n) is 3.11. The summed E-state index contributed by atoms with van der Waals surface area (Å²) in [5, 5.41) is 7.32. The van der Waals surface area contributed by atoms with E-state index in [1.807, 2.05) is 4.90 Å². The van der Waals surface area contributed by atoms with Crippen molar-refractivity contribution in [3.05, 3.63) is 35.1 Å². The minimum atomic E-state index is -2.91. The van der Waals surface area contributed by atoms with Crippen LogP contribution in [0.1, 0.15) is 11.1 Å². The van der Waals surface area contributed by atoms with Crippen LogP contribution in [0.4, 0.5) is 4.39 Å². The predicted molar refractivity (Wildman–Crippen MR) is 71.3 cm³/mol. The third kappa shape index (κ3) is 3.74. The van der Waals surface area contributed by atoms with Crippen LogP contribution < -0.4 is 5.73 Å². The fourth-order valence-corrected chi connectivity index (χ4v) is 3.34. The molecule has 1 saturated heterocycles. The van der Waals surface area contributed by atoms with Crippen LogP contribution in [0.25, 0.3) is 0 Å². The second-order valence-electron chi connectivity index (χ2n) is 4.69. The maximum Gasteiger partial charge on any atom is 0.152 e. The molecule has 3 N–H and O–H groups in total. The average Bonchev–Trinajstić information content (AvgIpc) is 2.31. The summed E-state index contributed by atoms with van der Waals surface area (Å²) in [6.07, 6.45) is 0. The lowest BCUT2D eigenvalue weighted by Gasteiger charge is -2.26. The number of sulfone groups is 1. The van der Waals surface area contributed by atoms with Crippen LogP contribution in [-0.2, 0) is 16.4 Å². The van der Waals surface area contributed by atoms with Gasteiger partial charge in [-0.25, -0.2) is 12.8 Å². The number of nitrogen functional groups attached to an aromatic ring is 1. The highest BCUT2D eigenvalue weighted by atomic mass is 32.2. The van der Waals surface area contributed by atoms with E-state index in [0.29, 0.717) is 30.8 Å². The van der Waals surface area contributed by atoms with Crippen LogP contribution in [0.3, 0.4) is 0 Å². The summed E-state index contributed by atoms with van der Waals surface area (Å²) >= 11 is 0. The van der Waals surface area contributed by atoms with Gasteiger partial charge in [0.25, 0.3) is 0 Å². The van der Waals surface area contributed by atoms with Gasteiger partial charge in [0.05, 0.1) is 11.5 Å². The fraction of sp³-hybridized carbons (Fsp3) is 0.417. The van der Waals surface area contributed by atoms with E-state index in [1.165, 1.54) is 12.1 Å². The molecule has 0 aromatic heterocycles. The van der Waals surface area contributed by atoms with E-state index in [2.05, 4.69) is 0 Å². The van der Waals surface area contributed by atoms with Gasteiger partial charge in [-0.2, -0.15) is 0 Å². The lowest BCUT2D eigenvalue weighted by atomic mass is 10.1. The first-order chi connectivity index (χ1) is 8.85. The number of benzene rings is 1. The van der Waals surface area contributed by atoms with Crippen molar-refractivity contribution < 1.29 is 12.8 Å². The smallest absolute Gasteiger partial charge is 0.152 e. The minimum Gasteiger partial charge on any atom is -0.384 e. The first-order valence-corrected chi connectivity index (χ1v) is 7.74. The summed E-state index contributed by atoms with van der Waals surface area (Å²) in [7, 11) is -2.91. The molecule has 1 aromatic rings. The lowest BCUT2D eigenvalue weighted by Crippen LogP contribution is -2.39. The second kappa shape index (κ2) is 5.26. The van der Waals surface area contributed by atoms with Gasteiger partial charge in [-0.15, -0.1) is 0 Å². The molecular formula is C12H16FN3O2S. The van der Waals surface area contributed by atoms with E-state index in [-0.39, 0.29) is 17.3 Å². The van der Waals surface area contributed by atoms with E-state index < -0.39 is 15.7 Å². The Kier molecular flexibility index (Phi) is 3.86. The SMILES string of the molecule is N=C(N)c1cc(F)cc(CN2CCS(=O)(=O)CC2)c1. The molecule has 104 valence electrons. The molecule has 0 radical (unpaired) electrons. The van der Waals surface area contributed by atoms with Gasteiger partial charge in [0, 0.05) is 25.2 Å². The maximum atomic E-state index is 13.4. The maximum absolute atomic E-state index is 13.4. The predicted octanol–water partition coefficient (Wildman–Crippen LogP) is 0.340. The first kappa shape index (κ1) is 14.0. The Labute approximate surface area is 111 Å². The molecule has 19 heavy (non-hydrogen) atoms. The van der Waals surface area contributed by atoms with Crippen molar-refractivity contribution in [2.24, 2.45) is 5.73 Å². The number of nitrogens with zero attached hydrogens (tertiary/aromatic N) is 1. The molecule has 0 unspecified atom stereocenters. The van der Waals surface area contributed by atoms with Crippen molar-refractivity contribution in [2.75, 3.05) is 24.6 Å². The topological polar surface area (TPSA) is 87.2 Å². The van der Waals surface area contributed by atoms with Crippen LogP contribution in [0.5, 0.6) is 0 Å². The molecular weight excluding hydrogens is 269 g/mol. The molecule has 1 fully saturated rings. The molecule has 0 spiro atoms. The van der Waals surface area contributed by atoms with Crippen molar-refractivity contribution in [3.63, 3.8) is 0 Å². The van der Waals surface area contributed by atoms with Crippen LogP contribution in [-0.4, -0.2) is 43.7 Å². The number of amidine groups is 1. The van der Waals surface area contributed by atoms with Crippen molar-refractivity contribution in [2.45, 2.75) is 6.54 Å². The van der Waals surface area contributed by atoms with Gasteiger partial charge in [0.15, 0.2) is 9.84 Å². The van der Waals surface area contributed by atoms with Gasteiger partial charge < -0.3 is 5.73 Å². The summed E-state index contributed by atoms with van der Waals surface area (Å²) < 4.78 is 36.0. The van der Waals surface area contributed by atoms with Gasteiger partial charge in [-0.05, 0) is 23.8 Å². The molecule has 0 saturated carbocycles. The molecule has 1 aromatic carbocycles. The zero-order valence-electron chi connectivity index (χ0n) is 10.4. The number of nitrogens with one attached hydrogen (secondary N) is 1. The second-order valence-corrected chi connectivity index (χ2v) is 6.99. The molecule has 0 amide bonds. The number of halogens is 1. The van der Waals surface area contributed by atoms with Gasteiger partial charge in [0.1, 0.15) is 11.7 Å². The van der Waals surface area contributed by atoms with Gasteiger partial charge >= 0.3 is 0 Å². The third-order valence-corrected chi connectivity index (χ3v) is 4.72. The normalized spacial score (nSPS) is 19.2. The molecule has 0 atom stereocenters. The summed E-state index contributed by atoms with van der Waals surface area (Å²) in [4.78, 5) is 1.96. The van der Waals surface area contributed by atoms with Gasteiger partial charge in [0.2, 0.25) is 0 Å². The Morgan fingerprint density at radius 3 is 2.53 bits per heavy atom. The van der Waals surface area contributed by atoms with E-state index in [4.69, 9.17) is 11.1 Å². The van der Waals surface area contributed by atoms with Crippen LogP contribution in [0.15, 0.2) is 18.2 Å². The van der Waals surface area contributed by atoms with Crippen LogP contribution in [0.2, 0.25) is 0 Å². The monoisotopic (exact) mass is 285 g/mol. The van der Waals surface area contributed by atoms with Gasteiger partial charge in [-0.3, -0.25) is 10.3 Å². The number of nitrogens with two attached hydrogens (primary N) is 1. The average molecular weight is 285 g/mol. The fourth-order valence-electron chi connectivity index (χ4n) is 2.06. The Bertz CT molecular complexity index is 587. The molecule has 0 bridgehead atoms. The lowest BCUT2D eigenvalue weighted by molar-refractivity contribution is 0.287. The molecule has 1 aliphatic rings. The standard InChI is InChI=1S/C12H16FN3O2S/c13-11-6-9(5-10(7-11)12(14)15)8-16-1-3-19(17,18)4-2-16/h5-7H,1-4,8H2,(H3,14,15). The Morgan fingerprint density at radius 1 is 1.32 bits per heavy atom. The molecule has 1 heterocycles. The number of hydrogen-bond acceptors (Lipinski definition) is 4. The molecule has 1 aliphatic heterocycles.